The van der Waals surface area contributed by atoms with Crippen LogP contribution in [0.1, 0.15) is 19.4 Å². The van der Waals surface area contributed by atoms with E-state index >= 15 is 0 Å². The van der Waals surface area contributed by atoms with Crippen LogP contribution in [0.2, 0.25) is 0 Å². The standard InChI is InChI=1S/C15H22N2O/c1-4-16-10-13-5-6-15-14(9-13)7-8-17(15)11-12(2)18-3/h5-9,12,16H,4,10-11H2,1-3H3. The Morgan fingerprint density at radius 1 is 1.33 bits per heavy atom. The van der Waals surface area contributed by atoms with Crippen molar-refractivity contribution in [1.29, 1.82) is 0 Å². The minimum atomic E-state index is 0.238. The van der Waals surface area contributed by atoms with Gasteiger partial charge in [-0.15, -0.1) is 0 Å². The van der Waals surface area contributed by atoms with Gasteiger partial charge in [0.2, 0.25) is 0 Å². The van der Waals surface area contributed by atoms with Gasteiger partial charge in [0.1, 0.15) is 0 Å². The van der Waals surface area contributed by atoms with E-state index in [4.69, 9.17) is 4.74 Å². The smallest absolute Gasteiger partial charge is 0.0722 e. The van der Waals surface area contributed by atoms with Crippen molar-refractivity contribution in [3.8, 4) is 0 Å². The molecule has 0 aliphatic carbocycles. The lowest BCUT2D eigenvalue weighted by Gasteiger charge is -2.12. The lowest BCUT2D eigenvalue weighted by atomic mass is 10.1. The number of hydrogen-bond acceptors (Lipinski definition) is 2. The molecule has 0 bridgehead atoms. The van der Waals surface area contributed by atoms with Gasteiger partial charge in [0.05, 0.1) is 6.10 Å². The Labute approximate surface area is 109 Å². The fourth-order valence-corrected chi connectivity index (χ4v) is 2.14. The average Bonchev–Trinajstić information content (AvgIpc) is 2.78. The molecule has 2 aromatic rings. The maximum Gasteiger partial charge on any atom is 0.0722 e. The Hall–Kier alpha value is -1.32. The lowest BCUT2D eigenvalue weighted by Crippen LogP contribution is -2.14. The number of methoxy groups -OCH3 is 1. The van der Waals surface area contributed by atoms with Crippen molar-refractivity contribution >= 4 is 10.9 Å². The van der Waals surface area contributed by atoms with Gasteiger partial charge in [-0.1, -0.05) is 13.0 Å². The van der Waals surface area contributed by atoms with Crippen LogP contribution < -0.4 is 5.32 Å². The molecule has 1 N–H and O–H groups in total. The zero-order valence-corrected chi connectivity index (χ0v) is 11.4. The number of aromatic nitrogens is 1. The van der Waals surface area contributed by atoms with E-state index in [0.29, 0.717) is 0 Å². The Morgan fingerprint density at radius 3 is 2.89 bits per heavy atom. The molecule has 18 heavy (non-hydrogen) atoms. The topological polar surface area (TPSA) is 26.2 Å². The Morgan fingerprint density at radius 2 is 2.17 bits per heavy atom. The molecule has 2 rings (SSSR count). The second-order valence-electron chi connectivity index (χ2n) is 4.69. The summed E-state index contributed by atoms with van der Waals surface area (Å²) < 4.78 is 7.57. The molecule has 0 amide bonds. The van der Waals surface area contributed by atoms with Crippen molar-refractivity contribution in [2.45, 2.75) is 33.0 Å². The lowest BCUT2D eigenvalue weighted by molar-refractivity contribution is 0.104. The number of ether oxygens (including phenoxy) is 1. The van der Waals surface area contributed by atoms with Gasteiger partial charge in [-0.05, 0) is 42.6 Å². The fourth-order valence-electron chi connectivity index (χ4n) is 2.14. The number of hydrogen-bond donors (Lipinski definition) is 1. The second-order valence-corrected chi connectivity index (χ2v) is 4.69. The highest BCUT2D eigenvalue weighted by molar-refractivity contribution is 5.80. The summed E-state index contributed by atoms with van der Waals surface area (Å²) in [6.45, 7) is 7.05. The van der Waals surface area contributed by atoms with Gasteiger partial charge in [0.25, 0.3) is 0 Å². The highest BCUT2D eigenvalue weighted by Gasteiger charge is 2.05. The van der Waals surface area contributed by atoms with E-state index in [1.165, 1.54) is 16.5 Å². The maximum atomic E-state index is 5.32. The van der Waals surface area contributed by atoms with Crippen LogP contribution in [0, 0.1) is 0 Å². The first-order chi connectivity index (χ1) is 8.74. The summed E-state index contributed by atoms with van der Waals surface area (Å²) in [6.07, 6.45) is 2.37. The minimum absolute atomic E-state index is 0.238. The van der Waals surface area contributed by atoms with E-state index in [1.807, 2.05) is 0 Å². The van der Waals surface area contributed by atoms with Crippen molar-refractivity contribution < 1.29 is 4.74 Å². The predicted molar refractivity (Wildman–Crippen MR) is 75.8 cm³/mol. The normalized spacial score (nSPS) is 13.1. The molecule has 0 fully saturated rings. The first-order valence-corrected chi connectivity index (χ1v) is 6.56. The SMILES string of the molecule is CCNCc1ccc2c(ccn2CC(C)OC)c1. The Balaban J connectivity index is 2.20. The van der Waals surface area contributed by atoms with E-state index in [1.54, 1.807) is 7.11 Å². The van der Waals surface area contributed by atoms with Crippen molar-refractivity contribution in [2.75, 3.05) is 13.7 Å². The second kappa shape index (κ2) is 6.03. The number of rotatable bonds is 6. The van der Waals surface area contributed by atoms with Crippen LogP contribution in [0.5, 0.6) is 0 Å². The van der Waals surface area contributed by atoms with Crippen LogP contribution in [0.3, 0.4) is 0 Å². The highest BCUT2D eigenvalue weighted by atomic mass is 16.5. The zero-order valence-electron chi connectivity index (χ0n) is 11.4. The van der Waals surface area contributed by atoms with Gasteiger partial charge in [0.15, 0.2) is 0 Å². The number of nitrogens with zero attached hydrogens (tertiary/aromatic N) is 1. The summed E-state index contributed by atoms with van der Waals surface area (Å²) in [5.74, 6) is 0. The molecular formula is C15H22N2O. The molecule has 98 valence electrons. The van der Waals surface area contributed by atoms with Gasteiger partial charge < -0.3 is 14.6 Å². The predicted octanol–water partition coefficient (Wildman–Crippen LogP) is 2.79. The first-order valence-electron chi connectivity index (χ1n) is 6.56. The minimum Gasteiger partial charge on any atom is -0.380 e. The van der Waals surface area contributed by atoms with Crippen molar-refractivity contribution in [3.05, 3.63) is 36.0 Å². The number of nitrogens with one attached hydrogen (secondary N) is 1. The van der Waals surface area contributed by atoms with E-state index in [2.05, 4.69) is 54.2 Å². The molecule has 1 aromatic carbocycles. The Kier molecular flexibility index (Phi) is 4.39. The van der Waals surface area contributed by atoms with Crippen molar-refractivity contribution in [3.63, 3.8) is 0 Å². The summed E-state index contributed by atoms with van der Waals surface area (Å²) in [4.78, 5) is 0. The van der Waals surface area contributed by atoms with Crippen LogP contribution in [-0.4, -0.2) is 24.3 Å². The average molecular weight is 246 g/mol. The van der Waals surface area contributed by atoms with Gasteiger partial charge in [-0.2, -0.15) is 0 Å². The number of benzene rings is 1. The summed E-state index contributed by atoms with van der Waals surface area (Å²) in [5.41, 5.74) is 2.61. The van der Waals surface area contributed by atoms with Gasteiger partial charge in [-0.25, -0.2) is 0 Å². The third kappa shape index (κ3) is 2.92. The van der Waals surface area contributed by atoms with Crippen LogP contribution in [0.4, 0.5) is 0 Å². The van der Waals surface area contributed by atoms with Gasteiger partial charge >= 0.3 is 0 Å². The molecule has 0 aliphatic heterocycles. The molecule has 1 atom stereocenters. The molecule has 1 heterocycles. The van der Waals surface area contributed by atoms with Crippen LogP contribution >= 0.6 is 0 Å². The maximum absolute atomic E-state index is 5.32. The Bertz CT molecular complexity index is 504. The molecule has 0 saturated heterocycles. The van der Waals surface area contributed by atoms with Gasteiger partial charge in [-0.3, -0.25) is 0 Å². The van der Waals surface area contributed by atoms with E-state index < -0.39 is 0 Å². The summed E-state index contributed by atoms with van der Waals surface area (Å²) in [7, 11) is 1.75. The van der Waals surface area contributed by atoms with Gasteiger partial charge in [0, 0.05) is 31.9 Å². The summed E-state index contributed by atoms with van der Waals surface area (Å²) >= 11 is 0. The van der Waals surface area contributed by atoms with E-state index in [-0.39, 0.29) is 6.10 Å². The molecule has 1 unspecified atom stereocenters. The van der Waals surface area contributed by atoms with Crippen LogP contribution in [-0.2, 0) is 17.8 Å². The molecule has 1 aromatic heterocycles. The summed E-state index contributed by atoms with van der Waals surface area (Å²) in [5, 5.41) is 4.65. The van der Waals surface area contributed by atoms with Crippen LogP contribution in [0.25, 0.3) is 10.9 Å². The monoisotopic (exact) mass is 246 g/mol. The molecular weight excluding hydrogens is 224 g/mol. The fraction of sp³-hybridized carbons (Fsp3) is 0.467. The molecule has 0 radical (unpaired) electrons. The highest BCUT2D eigenvalue weighted by Crippen LogP contribution is 2.18. The summed E-state index contributed by atoms with van der Waals surface area (Å²) in [6, 6.07) is 8.82. The quantitative estimate of drug-likeness (QED) is 0.848. The molecule has 3 heteroatoms. The molecule has 0 spiro atoms. The first kappa shape index (κ1) is 13.1. The van der Waals surface area contributed by atoms with Crippen molar-refractivity contribution in [1.82, 2.24) is 9.88 Å². The van der Waals surface area contributed by atoms with E-state index in [0.717, 1.165) is 19.6 Å². The van der Waals surface area contributed by atoms with Crippen molar-refractivity contribution in [2.24, 2.45) is 0 Å². The third-order valence-corrected chi connectivity index (χ3v) is 3.27. The van der Waals surface area contributed by atoms with Crippen LogP contribution in [0.15, 0.2) is 30.5 Å². The zero-order chi connectivity index (χ0) is 13.0. The molecule has 0 saturated carbocycles. The molecule has 3 nitrogen and oxygen atoms in total. The largest absolute Gasteiger partial charge is 0.380 e. The van der Waals surface area contributed by atoms with E-state index in [9.17, 15) is 0 Å². The number of fused-ring (bicyclic) bond motifs is 1. The third-order valence-electron chi connectivity index (χ3n) is 3.27. The molecule has 0 aliphatic rings.